The molecule has 3 nitrogen and oxygen atoms in total. The molecule has 2 aromatic rings. The second-order valence-electron chi connectivity index (χ2n) is 4.77. The van der Waals surface area contributed by atoms with Crippen molar-refractivity contribution in [3.05, 3.63) is 45.8 Å². The topological polar surface area (TPSA) is 33.2 Å². The summed E-state index contributed by atoms with van der Waals surface area (Å²) in [5, 5.41) is 2.10. The standard InChI is InChI=1S/C15H18N2OS/c1-11-7-13(10-18)9-16-15(11)17(3)12(2)8-14-5-4-6-19-14/h4-7,9-10,12H,8H2,1-3H3. The minimum Gasteiger partial charge on any atom is -0.356 e. The van der Waals surface area contributed by atoms with Gasteiger partial charge in [-0.25, -0.2) is 4.98 Å². The number of aromatic nitrogens is 1. The van der Waals surface area contributed by atoms with Crippen LogP contribution in [0, 0.1) is 6.92 Å². The molecule has 0 spiro atoms. The maximum atomic E-state index is 10.7. The molecule has 0 bridgehead atoms. The zero-order valence-corrected chi connectivity index (χ0v) is 12.3. The molecule has 0 radical (unpaired) electrons. The monoisotopic (exact) mass is 274 g/mol. The Morgan fingerprint density at radius 2 is 2.32 bits per heavy atom. The SMILES string of the molecule is Cc1cc(C=O)cnc1N(C)C(C)Cc1cccs1. The summed E-state index contributed by atoms with van der Waals surface area (Å²) in [4.78, 5) is 18.7. The third kappa shape index (κ3) is 3.20. The van der Waals surface area contributed by atoms with E-state index in [4.69, 9.17) is 0 Å². The number of thiophene rings is 1. The van der Waals surface area contributed by atoms with Crippen LogP contribution in [0.5, 0.6) is 0 Å². The predicted molar refractivity (Wildman–Crippen MR) is 80.2 cm³/mol. The van der Waals surface area contributed by atoms with Crippen LogP contribution in [-0.2, 0) is 6.42 Å². The van der Waals surface area contributed by atoms with Gasteiger partial charge in [-0.15, -0.1) is 11.3 Å². The highest BCUT2D eigenvalue weighted by Gasteiger charge is 2.14. The Bertz CT molecular complexity index is 551. The highest BCUT2D eigenvalue weighted by atomic mass is 32.1. The van der Waals surface area contributed by atoms with Gasteiger partial charge in [-0.05, 0) is 36.9 Å². The number of carbonyl (C=O) groups excluding carboxylic acids is 1. The Hall–Kier alpha value is -1.68. The van der Waals surface area contributed by atoms with Gasteiger partial charge in [-0.3, -0.25) is 4.79 Å². The molecule has 0 saturated carbocycles. The summed E-state index contributed by atoms with van der Waals surface area (Å²) < 4.78 is 0. The molecular weight excluding hydrogens is 256 g/mol. The van der Waals surface area contributed by atoms with Crippen LogP contribution >= 0.6 is 11.3 Å². The van der Waals surface area contributed by atoms with Gasteiger partial charge < -0.3 is 4.90 Å². The fraction of sp³-hybridized carbons (Fsp3) is 0.333. The number of pyridine rings is 1. The highest BCUT2D eigenvalue weighted by Crippen LogP contribution is 2.21. The number of hydrogen-bond acceptors (Lipinski definition) is 4. The van der Waals surface area contributed by atoms with Crippen molar-refractivity contribution in [3.8, 4) is 0 Å². The average molecular weight is 274 g/mol. The first-order valence-electron chi connectivity index (χ1n) is 6.29. The van der Waals surface area contributed by atoms with Gasteiger partial charge >= 0.3 is 0 Å². The van der Waals surface area contributed by atoms with E-state index in [0.717, 1.165) is 24.1 Å². The van der Waals surface area contributed by atoms with Gasteiger partial charge in [0.05, 0.1) is 0 Å². The first-order valence-corrected chi connectivity index (χ1v) is 7.17. The van der Waals surface area contributed by atoms with Crippen molar-refractivity contribution in [1.29, 1.82) is 0 Å². The lowest BCUT2D eigenvalue weighted by atomic mass is 10.1. The lowest BCUT2D eigenvalue weighted by Crippen LogP contribution is -2.31. The number of hydrogen-bond donors (Lipinski definition) is 0. The van der Waals surface area contributed by atoms with Crippen LogP contribution in [0.4, 0.5) is 5.82 Å². The Kier molecular flexibility index (Phi) is 4.32. The fourth-order valence-electron chi connectivity index (χ4n) is 2.09. The molecule has 0 amide bonds. The van der Waals surface area contributed by atoms with Gasteiger partial charge in [0.1, 0.15) is 5.82 Å². The van der Waals surface area contributed by atoms with Gasteiger partial charge in [-0.1, -0.05) is 6.07 Å². The quantitative estimate of drug-likeness (QED) is 0.784. The molecule has 100 valence electrons. The number of anilines is 1. The molecule has 0 aliphatic carbocycles. The molecule has 0 aliphatic rings. The molecular formula is C15H18N2OS. The van der Waals surface area contributed by atoms with Gasteiger partial charge in [0.25, 0.3) is 0 Å². The fourth-order valence-corrected chi connectivity index (χ4v) is 2.92. The Morgan fingerprint density at radius 3 is 2.89 bits per heavy atom. The van der Waals surface area contributed by atoms with Crippen LogP contribution in [0.1, 0.15) is 27.7 Å². The van der Waals surface area contributed by atoms with E-state index in [1.165, 1.54) is 4.88 Å². The second-order valence-corrected chi connectivity index (χ2v) is 5.80. The third-order valence-electron chi connectivity index (χ3n) is 3.28. The molecule has 0 fully saturated rings. The number of rotatable bonds is 5. The molecule has 2 heterocycles. The maximum absolute atomic E-state index is 10.7. The molecule has 1 atom stereocenters. The zero-order chi connectivity index (χ0) is 13.8. The minimum atomic E-state index is 0.368. The van der Waals surface area contributed by atoms with Crippen molar-refractivity contribution >= 4 is 23.4 Å². The Labute approximate surface area is 117 Å². The van der Waals surface area contributed by atoms with Crippen molar-refractivity contribution in [2.45, 2.75) is 26.3 Å². The van der Waals surface area contributed by atoms with Crippen molar-refractivity contribution in [1.82, 2.24) is 4.98 Å². The molecule has 0 aliphatic heterocycles. The van der Waals surface area contributed by atoms with E-state index in [1.807, 2.05) is 20.0 Å². The van der Waals surface area contributed by atoms with Crippen LogP contribution in [0.15, 0.2) is 29.8 Å². The van der Waals surface area contributed by atoms with E-state index < -0.39 is 0 Å². The predicted octanol–water partition coefficient (Wildman–Crippen LogP) is 3.33. The summed E-state index contributed by atoms with van der Waals surface area (Å²) in [6, 6.07) is 6.48. The molecule has 2 rings (SSSR count). The number of aryl methyl sites for hydroxylation is 1. The van der Waals surface area contributed by atoms with Gasteiger partial charge in [0.15, 0.2) is 6.29 Å². The summed E-state index contributed by atoms with van der Waals surface area (Å²) >= 11 is 1.78. The van der Waals surface area contributed by atoms with Crippen LogP contribution in [0.2, 0.25) is 0 Å². The van der Waals surface area contributed by atoms with Crippen LogP contribution in [0.3, 0.4) is 0 Å². The van der Waals surface area contributed by atoms with Gasteiger partial charge in [-0.2, -0.15) is 0 Å². The van der Waals surface area contributed by atoms with Gasteiger partial charge in [0.2, 0.25) is 0 Å². The zero-order valence-electron chi connectivity index (χ0n) is 11.5. The Balaban J connectivity index is 2.14. The van der Waals surface area contributed by atoms with Crippen LogP contribution < -0.4 is 4.90 Å². The first-order chi connectivity index (χ1) is 9.11. The number of carbonyl (C=O) groups is 1. The summed E-state index contributed by atoms with van der Waals surface area (Å²) in [6.45, 7) is 4.18. The first kappa shape index (κ1) is 13.7. The smallest absolute Gasteiger partial charge is 0.151 e. The van der Waals surface area contributed by atoms with E-state index >= 15 is 0 Å². The van der Waals surface area contributed by atoms with Crippen LogP contribution in [0.25, 0.3) is 0 Å². The highest BCUT2D eigenvalue weighted by molar-refractivity contribution is 7.09. The van der Waals surface area contributed by atoms with E-state index in [1.54, 1.807) is 17.5 Å². The average Bonchev–Trinajstić information content (AvgIpc) is 2.90. The normalized spacial score (nSPS) is 12.2. The summed E-state index contributed by atoms with van der Waals surface area (Å²) in [5.74, 6) is 0.939. The summed E-state index contributed by atoms with van der Waals surface area (Å²) in [5.41, 5.74) is 1.66. The molecule has 4 heteroatoms. The van der Waals surface area contributed by atoms with Crippen molar-refractivity contribution < 1.29 is 4.79 Å². The van der Waals surface area contributed by atoms with Crippen molar-refractivity contribution in [2.75, 3.05) is 11.9 Å². The minimum absolute atomic E-state index is 0.368. The third-order valence-corrected chi connectivity index (χ3v) is 4.18. The van der Waals surface area contributed by atoms with Crippen LogP contribution in [-0.4, -0.2) is 24.4 Å². The van der Waals surface area contributed by atoms with E-state index in [0.29, 0.717) is 11.6 Å². The number of nitrogens with zero attached hydrogens (tertiary/aromatic N) is 2. The maximum Gasteiger partial charge on any atom is 0.151 e. The van der Waals surface area contributed by atoms with Crippen molar-refractivity contribution in [3.63, 3.8) is 0 Å². The lowest BCUT2D eigenvalue weighted by molar-refractivity contribution is 0.112. The summed E-state index contributed by atoms with van der Waals surface area (Å²) in [6.07, 6.45) is 3.47. The van der Waals surface area contributed by atoms with E-state index in [2.05, 4.69) is 34.3 Å². The molecule has 19 heavy (non-hydrogen) atoms. The molecule has 2 aromatic heterocycles. The molecule has 0 N–H and O–H groups in total. The number of aldehydes is 1. The largest absolute Gasteiger partial charge is 0.356 e. The van der Waals surface area contributed by atoms with Crippen molar-refractivity contribution in [2.24, 2.45) is 0 Å². The van der Waals surface area contributed by atoms with E-state index in [9.17, 15) is 4.79 Å². The van der Waals surface area contributed by atoms with E-state index in [-0.39, 0.29) is 0 Å². The molecule has 0 aromatic carbocycles. The number of likely N-dealkylation sites (N-methyl/N-ethyl adjacent to an activating group) is 1. The van der Waals surface area contributed by atoms with Gasteiger partial charge in [0, 0.05) is 36.1 Å². The second kappa shape index (κ2) is 5.97. The molecule has 1 unspecified atom stereocenters. The Morgan fingerprint density at radius 1 is 1.53 bits per heavy atom. The lowest BCUT2D eigenvalue weighted by Gasteiger charge is -2.27. The summed E-state index contributed by atoms with van der Waals surface area (Å²) in [7, 11) is 2.05. The molecule has 0 saturated heterocycles.